The van der Waals surface area contributed by atoms with Crippen molar-refractivity contribution in [3.05, 3.63) is 35.3 Å². The lowest BCUT2D eigenvalue weighted by Gasteiger charge is -2.33. The Balaban J connectivity index is 1.48. The molecule has 1 aliphatic heterocycles. The van der Waals surface area contributed by atoms with Gasteiger partial charge in [0, 0.05) is 25.2 Å². The molecule has 0 bridgehead atoms. The third kappa shape index (κ3) is 4.26. The van der Waals surface area contributed by atoms with Gasteiger partial charge in [0.15, 0.2) is 0 Å². The van der Waals surface area contributed by atoms with Crippen LogP contribution in [0.4, 0.5) is 5.82 Å². The maximum atomic E-state index is 13.0. The number of nitrogens with zero attached hydrogens (tertiary/aromatic N) is 4. The number of carbonyl (C=O) groups excluding carboxylic acids is 1. The predicted molar refractivity (Wildman–Crippen MR) is 115 cm³/mol. The Labute approximate surface area is 180 Å². The molecule has 1 atom stereocenters. The quantitative estimate of drug-likeness (QED) is 0.643. The van der Waals surface area contributed by atoms with Gasteiger partial charge in [-0.15, -0.1) is 0 Å². The first kappa shape index (κ1) is 20.9. The summed E-state index contributed by atoms with van der Waals surface area (Å²) in [6.07, 6.45) is 1.73. The van der Waals surface area contributed by atoms with Gasteiger partial charge in [-0.3, -0.25) is 4.79 Å². The van der Waals surface area contributed by atoms with Crippen molar-refractivity contribution >= 4 is 22.8 Å². The maximum absolute atomic E-state index is 13.0. The van der Waals surface area contributed by atoms with E-state index in [1.807, 2.05) is 32.0 Å². The Bertz CT molecular complexity index is 1100. The SMILES string of the molecule is COc1ccc(OC)c(CNC(=O)C2CCCN(c3nc(C)nc4onc(C)c34)C2)c1. The van der Waals surface area contributed by atoms with Crippen molar-refractivity contribution in [2.75, 3.05) is 32.2 Å². The smallest absolute Gasteiger partial charge is 0.263 e. The minimum atomic E-state index is -0.143. The van der Waals surface area contributed by atoms with E-state index in [9.17, 15) is 4.79 Å². The lowest BCUT2D eigenvalue weighted by Crippen LogP contribution is -2.43. The molecule has 0 saturated carbocycles. The molecule has 9 nitrogen and oxygen atoms in total. The summed E-state index contributed by atoms with van der Waals surface area (Å²) in [5.41, 5.74) is 2.11. The number of aromatic nitrogens is 3. The summed E-state index contributed by atoms with van der Waals surface area (Å²) >= 11 is 0. The van der Waals surface area contributed by atoms with Crippen molar-refractivity contribution in [1.82, 2.24) is 20.4 Å². The summed E-state index contributed by atoms with van der Waals surface area (Å²) in [5.74, 6) is 2.72. The van der Waals surface area contributed by atoms with E-state index in [0.717, 1.165) is 47.6 Å². The molecule has 0 spiro atoms. The second-order valence-electron chi connectivity index (χ2n) is 7.72. The fourth-order valence-electron chi connectivity index (χ4n) is 4.03. The Morgan fingerprint density at radius 2 is 2.10 bits per heavy atom. The maximum Gasteiger partial charge on any atom is 0.263 e. The van der Waals surface area contributed by atoms with Crippen LogP contribution in [-0.2, 0) is 11.3 Å². The van der Waals surface area contributed by atoms with Gasteiger partial charge in [0.05, 0.1) is 25.8 Å². The summed E-state index contributed by atoms with van der Waals surface area (Å²) in [6, 6.07) is 5.55. The van der Waals surface area contributed by atoms with Crippen LogP contribution in [0.5, 0.6) is 11.5 Å². The number of nitrogens with one attached hydrogen (secondary N) is 1. The van der Waals surface area contributed by atoms with Gasteiger partial charge in [-0.2, -0.15) is 4.98 Å². The number of hydrogen-bond acceptors (Lipinski definition) is 8. The minimum absolute atomic E-state index is 0.0126. The van der Waals surface area contributed by atoms with Crippen LogP contribution in [0.2, 0.25) is 0 Å². The summed E-state index contributed by atoms with van der Waals surface area (Å²) in [4.78, 5) is 24.1. The standard InChI is InChI=1S/C22H27N5O4/c1-13-19-20(24-14(2)25-22(19)31-26-13)27-9-5-6-15(12-27)21(28)23-11-16-10-17(29-3)7-8-18(16)30-4/h7-8,10,15H,5-6,9,11-12H2,1-4H3,(H,23,28). The fraction of sp³-hybridized carbons (Fsp3) is 0.455. The van der Waals surface area contributed by atoms with E-state index in [4.69, 9.17) is 14.0 Å². The summed E-state index contributed by atoms with van der Waals surface area (Å²) in [5, 5.41) is 7.90. The molecular formula is C22H27N5O4. The molecule has 4 rings (SSSR count). The van der Waals surface area contributed by atoms with Gasteiger partial charge in [-0.25, -0.2) is 4.98 Å². The van der Waals surface area contributed by atoms with Crippen LogP contribution >= 0.6 is 0 Å². The Kier molecular flexibility index (Phi) is 5.92. The van der Waals surface area contributed by atoms with Gasteiger partial charge in [0.2, 0.25) is 5.91 Å². The zero-order valence-corrected chi connectivity index (χ0v) is 18.3. The second kappa shape index (κ2) is 8.79. The number of methoxy groups -OCH3 is 2. The summed E-state index contributed by atoms with van der Waals surface area (Å²) in [6.45, 7) is 5.48. The van der Waals surface area contributed by atoms with Crippen LogP contribution < -0.4 is 19.7 Å². The van der Waals surface area contributed by atoms with Crippen LogP contribution in [0.1, 0.15) is 29.9 Å². The number of benzene rings is 1. The Morgan fingerprint density at radius 1 is 1.26 bits per heavy atom. The third-order valence-electron chi connectivity index (χ3n) is 5.63. The fourth-order valence-corrected chi connectivity index (χ4v) is 4.03. The van der Waals surface area contributed by atoms with Crippen LogP contribution in [0.15, 0.2) is 22.7 Å². The first-order valence-electron chi connectivity index (χ1n) is 10.3. The number of fused-ring (bicyclic) bond motifs is 1. The molecule has 3 heterocycles. The molecule has 1 saturated heterocycles. The van der Waals surface area contributed by atoms with Crippen molar-refractivity contribution in [1.29, 1.82) is 0 Å². The molecule has 9 heteroatoms. The molecule has 3 aromatic rings. The van der Waals surface area contributed by atoms with Gasteiger partial charge < -0.3 is 24.2 Å². The van der Waals surface area contributed by atoms with Crippen molar-refractivity contribution in [2.24, 2.45) is 5.92 Å². The predicted octanol–water partition coefficient (Wildman–Crippen LogP) is 2.78. The molecule has 2 aromatic heterocycles. The van der Waals surface area contributed by atoms with E-state index in [-0.39, 0.29) is 11.8 Å². The van der Waals surface area contributed by atoms with Crippen LogP contribution in [0, 0.1) is 19.8 Å². The van der Waals surface area contributed by atoms with Crippen molar-refractivity contribution in [2.45, 2.75) is 33.2 Å². The number of ether oxygens (including phenoxy) is 2. The average Bonchev–Trinajstić information content (AvgIpc) is 3.17. The van der Waals surface area contributed by atoms with Crippen molar-refractivity contribution < 1.29 is 18.8 Å². The normalized spacial score (nSPS) is 16.4. The van der Waals surface area contributed by atoms with Crippen molar-refractivity contribution in [3.8, 4) is 11.5 Å². The highest BCUT2D eigenvalue weighted by Gasteiger charge is 2.29. The summed E-state index contributed by atoms with van der Waals surface area (Å²) in [7, 11) is 3.23. The zero-order valence-electron chi connectivity index (χ0n) is 18.3. The highest BCUT2D eigenvalue weighted by molar-refractivity contribution is 5.88. The molecule has 1 unspecified atom stereocenters. The molecule has 1 aliphatic rings. The highest BCUT2D eigenvalue weighted by atomic mass is 16.5. The van der Waals surface area contributed by atoms with E-state index in [2.05, 4.69) is 25.3 Å². The van der Waals surface area contributed by atoms with Gasteiger partial charge in [0.1, 0.15) is 28.5 Å². The van der Waals surface area contributed by atoms with Crippen LogP contribution in [0.3, 0.4) is 0 Å². The number of hydrogen-bond donors (Lipinski definition) is 1. The average molecular weight is 425 g/mol. The van der Waals surface area contributed by atoms with Gasteiger partial charge >= 0.3 is 0 Å². The molecule has 0 aliphatic carbocycles. The summed E-state index contributed by atoms with van der Waals surface area (Å²) < 4.78 is 16.0. The number of anilines is 1. The number of carbonyl (C=O) groups is 1. The Hall–Kier alpha value is -3.36. The number of rotatable bonds is 6. The molecule has 1 N–H and O–H groups in total. The van der Waals surface area contributed by atoms with E-state index in [0.29, 0.717) is 30.4 Å². The van der Waals surface area contributed by atoms with Gasteiger partial charge in [-0.1, -0.05) is 5.16 Å². The molecule has 164 valence electrons. The molecule has 0 radical (unpaired) electrons. The lowest BCUT2D eigenvalue weighted by molar-refractivity contribution is -0.125. The topological polar surface area (TPSA) is 103 Å². The third-order valence-corrected chi connectivity index (χ3v) is 5.63. The first-order valence-corrected chi connectivity index (χ1v) is 10.3. The Morgan fingerprint density at radius 3 is 2.87 bits per heavy atom. The second-order valence-corrected chi connectivity index (χ2v) is 7.72. The largest absolute Gasteiger partial charge is 0.497 e. The number of aryl methyl sites for hydroxylation is 2. The minimum Gasteiger partial charge on any atom is -0.497 e. The van der Waals surface area contributed by atoms with E-state index >= 15 is 0 Å². The van der Waals surface area contributed by atoms with E-state index in [1.165, 1.54) is 0 Å². The molecule has 31 heavy (non-hydrogen) atoms. The van der Waals surface area contributed by atoms with Crippen molar-refractivity contribution in [3.63, 3.8) is 0 Å². The van der Waals surface area contributed by atoms with E-state index < -0.39 is 0 Å². The van der Waals surface area contributed by atoms with Gasteiger partial charge in [0.25, 0.3) is 5.71 Å². The number of amides is 1. The molecular weight excluding hydrogens is 398 g/mol. The monoisotopic (exact) mass is 425 g/mol. The molecule has 1 amide bonds. The van der Waals surface area contributed by atoms with E-state index in [1.54, 1.807) is 14.2 Å². The first-order chi connectivity index (χ1) is 15.0. The highest BCUT2D eigenvalue weighted by Crippen LogP contribution is 2.30. The van der Waals surface area contributed by atoms with Gasteiger partial charge in [-0.05, 0) is 44.9 Å². The zero-order chi connectivity index (χ0) is 22.0. The van der Waals surface area contributed by atoms with Crippen LogP contribution in [-0.4, -0.2) is 48.3 Å². The molecule has 1 fully saturated rings. The lowest BCUT2D eigenvalue weighted by atomic mass is 9.96. The number of piperidine rings is 1. The van der Waals surface area contributed by atoms with Crippen LogP contribution in [0.25, 0.3) is 11.1 Å². The molecule has 1 aromatic carbocycles.